The van der Waals surface area contributed by atoms with E-state index in [1.165, 1.54) is 36.0 Å². The number of alkyl halides is 3. The first-order valence-corrected chi connectivity index (χ1v) is 6.42. The average Bonchev–Trinajstić information content (AvgIpc) is 2.29. The van der Waals surface area contributed by atoms with Gasteiger partial charge in [-0.2, -0.15) is 0 Å². The SMILES string of the molecule is CCC(CSc1ccc(OC(F)(F)F)cc1)[N+](=O)[O-]. The van der Waals surface area contributed by atoms with Gasteiger partial charge in [-0.1, -0.05) is 6.92 Å². The molecule has 0 aromatic heterocycles. The lowest BCUT2D eigenvalue weighted by Gasteiger charge is -2.09. The summed E-state index contributed by atoms with van der Waals surface area (Å²) in [5.41, 5.74) is 0. The van der Waals surface area contributed by atoms with E-state index in [9.17, 15) is 23.3 Å². The van der Waals surface area contributed by atoms with Crippen molar-refractivity contribution in [1.82, 2.24) is 0 Å². The van der Waals surface area contributed by atoms with Gasteiger partial charge in [-0.05, 0) is 24.3 Å². The highest BCUT2D eigenvalue weighted by Gasteiger charge is 2.30. The summed E-state index contributed by atoms with van der Waals surface area (Å²) in [4.78, 5) is 10.9. The van der Waals surface area contributed by atoms with Crippen LogP contribution in [0.1, 0.15) is 13.3 Å². The van der Waals surface area contributed by atoms with Crippen LogP contribution in [0.4, 0.5) is 13.2 Å². The first-order chi connectivity index (χ1) is 8.81. The monoisotopic (exact) mass is 295 g/mol. The third kappa shape index (κ3) is 5.82. The van der Waals surface area contributed by atoms with Crippen molar-refractivity contribution in [3.05, 3.63) is 34.4 Å². The van der Waals surface area contributed by atoms with Gasteiger partial charge in [0.25, 0.3) is 0 Å². The van der Waals surface area contributed by atoms with Crippen LogP contribution in [0.15, 0.2) is 29.2 Å². The molecule has 1 unspecified atom stereocenters. The predicted molar refractivity (Wildman–Crippen MR) is 64.9 cm³/mol. The normalized spacial score (nSPS) is 13.1. The summed E-state index contributed by atoms with van der Waals surface area (Å²) in [5.74, 6) is -0.0265. The maximum atomic E-state index is 11.9. The molecule has 1 atom stereocenters. The van der Waals surface area contributed by atoms with E-state index < -0.39 is 12.4 Å². The Morgan fingerprint density at radius 2 is 1.95 bits per heavy atom. The van der Waals surface area contributed by atoms with Gasteiger partial charge in [0.1, 0.15) is 5.75 Å². The molecule has 19 heavy (non-hydrogen) atoms. The van der Waals surface area contributed by atoms with Crippen molar-refractivity contribution in [2.75, 3.05) is 5.75 Å². The lowest BCUT2D eigenvalue weighted by atomic mass is 10.3. The molecular weight excluding hydrogens is 283 g/mol. The van der Waals surface area contributed by atoms with Crippen LogP contribution in [-0.4, -0.2) is 23.1 Å². The van der Waals surface area contributed by atoms with Gasteiger partial charge in [-0.3, -0.25) is 10.1 Å². The van der Waals surface area contributed by atoms with Crippen LogP contribution in [0.5, 0.6) is 5.75 Å². The number of halogens is 3. The van der Waals surface area contributed by atoms with Crippen molar-refractivity contribution in [3.8, 4) is 5.75 Å². The second-order valence-electron chi connectivity index (χ2n) is 3.68. The molecule has 0 radical (unpaired) electrons. The van der Waals surface area contributed by atoms with Crippen molar-refractivity contribution in [3.63, 3.8) is 0 Å². The van der Waals surface area contributed by atoms with Crippen LogP contribution < -0.4 is 4.74 Å². The smallest absolute Gasteiger partial charge is 0.406 e. The minimum Gasteiger partial charge on any atom is -0.406 e. The molecule has 0 saturated heterocycles. The molecule has 8 heteroatoms. The van der Waals surface area contributed by atoms with Crippen molar-refractivity contribution in [2.45, 2.75) is 30.6 Å². The number of hydrogen-bond donors (Lipinski definition) is 0. The second-order valence-corrected chi connectivity index (χ2v) is 4.77. The largest absolute Gasteiger partial charge is 0.573 e. The highest BCUT2D eigenvalue weighted by Crippen LogP contribution is 2.26. The lowest BCUT2D eigenvalue weighted by molar-refractivity contribution is -0.516. The minimum absolute atomic E-state index is 0.281. The molecule has 1 rings (SSSR count). The molecule has 0 aliphatic heterocycles. The number of thioether (sulfide) groups is 1. The second kappa shape index (κ2) is 6.65. The van der Waals surface area contributed by atoms with Crippen molar-refractivity contribution >= 4 is 11.8 Å². The molecule has 0 N–H and O–H groups in total. The number of nitro groups is 1. The van der Waals surface area contributed by atoms with E-state index in [0.29, 0.717) is 11.3 Å². The van der Waals surface area contributed by atoms with E-state index in [1.807, 2.05) is 0 Å². The van der Waals surface area contributed by atoms with Crippen molar-refractivity contribution in [1.29, 1.82) is 0 Å². The van der Waals surface area contributed by atoms with Gasteiger partial charge >= 0.3 is 6.36 Å². The first kappa shape index (κ1) is 15.6. The molecule has 0 aliphatic carbocycles. The van der Waals surface area contributed by atoms with Crippen LogP contribution >= 0.6 is 11.8 Å². The van der Waals surface area contributed by atoms with E-state index in [0.717, 1.165) is 0 Å². The summed E-state index contributed by atoms with van der Waals surface area (Å²) in [6.45, 7) is 1.72. The third-order valence-electron chi connectivity index (χ3n) is 2.27. The molecule has 0 aliphatic rings. The Hall–Kier alpha value is -1.44. The molecule has 1 aromatic rings. The molecule has 0 amide bonds. The highest BCUT2D eigenvalue weighted by molar-refractivity contribution is 7.99. The van der Waals surface area contributed by atoms with E-state index in [4.69, 9.17) is 0 Å². The molecule has 1 aromatic carbocycles. The quantitative estimate of drug-likeness (QED) is 0.456. The Morgan fingerprint density at radius 3 is 2.37 bits per heavy atom. The molecule has 0 saturated carbocycles. The molecule has 0 heterocycles. The maximum Gasteiger partial charge on any atom is 0.573 e. The zero-order chi connectivity index (χ0) is 14.5. The van der Waals surface area contributed by atoms with E-state index in [2.05, 4.69) is 4.74 Å². The fourth-order valence-electron chi connectivity index (χ4n) is 1.26. The van der Waals surface area contributed by atoms with Crippen molar-refractivity contribution in [2.24, 2.45) is 0 Å². The zero-order valence-corrected chi connectivity index (χ0v) is 10.8. The van der Waals surface area contributed by atoms with Gasteiger partial charge in [-0.15, -0.1) is 24.9 Å². The molecule has 106 valence electrons. The Morgan fingerprint density at radius 1 is 1.37 bits per heavy atom. The number of hydrogen-bond acceptors (Lipinski definition) is 4. The summed E-state index contributed by atoms with van der Waals surface area (Å²) >= 11 is 1.23. The lowest BCUT2D eigenvalue weighted by Crippen LogP contribution is -2.20. The molecular formula is C11H12F3NO3S. The summed E-state index contributed by atoms with van der Waals surface area (Å²) < 4.78 is 39.5. The summed E-state index contributed by atoms with van der Waals surface area (Å²) in [5, 5.41) is 10.6. The fraction of sp³-hybridized carbons (Fsp3) is 0.455. The van der Waals surface area contributed by atoms with Crippen LogP contribution in [-0.2, 0) is 0 Å². The van der Waals surface area contributed by atoms with Crippen LogP contribution in [0, 0.1) is 10.1 Å². The number of ether oxygens (including phenoxy) is 1. The summed E-state index contributed by atoms with van der Waals surface area (Å²) in [6, 6.07) is 4.60. The standard InChI is InChI=1S/C11H12F3NO3S/c1-2-8(15(16)17)7-19-10-5-3-9(4-6-10)18-11(12,13)14/h3-6,8H,2,7H2,1H3. The number of rotatable bonds is 6. The van der Waals surface area contributed by atoms with Crippen LogP contribution in [0.25, 0.3) is 0 Å². The van der Waals surface area contributed by atoms with Gasteiger partial charge in [0.15, 0.2) is 0 Å². The van der Waals surface area contributed by atoms with Gasteiger partial charge in [0.05, 0.1) is 5.75 Å². The highest BCUT2D eigenvalue weighted by atomic mass is 32.2. The topological polar surface area (TPSA) is 52.4 Å². The van der Waals surface area contributed by atoms with E-state index in [1.54, 1.807) is 6.92 Å². The number of nitrogens with zero attached hydrogens (tertiary/aromatic N) is 1. The number of benzene rings is 1. The Kier molecular flexibility index (Phi) is 5.46. The van der Waals surface area contributed by atoms with Crippen LogP contribution in [0.3, 0.4) is 0 Å². The van der Waals surface area contributed by atoms with Gasteiger partial charge < -0.3 is 4.74 Å². The average molecular weight is 295 g/mol. The minimum atomic E-state index is -4.71. The summed E-state index contributed by atoms with van der Waals surface area (Å²) in [6.07, 6.45) is -4.30. The van der Waals surface area contributed by atoms with Gasteiger partial charge in [0, 0.05) is 16.2 Å². The Balaban J connectivity index is 2.55. The molecule has 0 spiro atoms. The van der Waals surface area contributed by atoms with Gasteiger partial charge in [-0.25, -0.2) is 0 Å². The zero-order valence-electron chi connectivity index (χ0n) is 10.0. The molecule has 0 fully saturated rings. The van der Waals surface area contributed by atoms with Crippen molar-refractivity contribution < 1.29 is 22.8 Å². The van der Waals surface area contributed by atoms with E-state index in [-0.39, 0.29) is 16.4 Å². The fourth-order valence-corrected chi connectivity index (χ4v) is 2.33. The summed E-state index contributed by atoms with van der Waals surface area (Å²) in [7, 11) is 0. The van der Waals surface area contributed by atoms with E-state index >= 15 is 0 Å². The van der Waals surface area contributed by atoms with Crippen LogP contribution in [0.2, 0.25) is 0 Å². The maximum absolute atomic E-state index is 11.9. The predicted octanol–water partition coefficient (Wildman–Crippen LogP) is 3.73. The first-order valence-electron chi connectivity index (χ1n) is 5.44. The third-order valence-corrected chi connectivity index (χ3v) is 3.43. The Labute approximate surface area is 112 Å². The molecule has 0 bridgehead atoms. The molecule has 4 nitrogen and oxygen atoms in total. The van der Waals surface area contributed by atoms with Gasteiger partial charge in [0.2, 0.25) is 6.04 Å². The Bertz CT molecular complexity index is 422.